The molecule has 0 aliphatic carbocycles. The first-order valence-corrected chi connectivity index (χ1v) is 30.4. The lowest BCUT2D eigenvalue weighted by molar-refractivity contribution is -0.167. The minimum atomic E-state index is -0.786. The van der Waals surface area contributed by atoms with E-state index in [1.807, 2.05) is 0 Å². The third kappa shape index (κ3) is 57.6. The van der Waals surface area contributed by atoms with Gasteiger partial charge in [-0.05, 0) is 89.9 Å². The van der Waals surface area contributed by atoms with E-state index in [2.05, 4.69) is 93.7 Å². The van der Waals surface area contributed by atoms with Crippen LogP contribution in [0.4, 0.5) is 0 Å². The van der Waals surface area contributed by atoms with E-state index in [9.17, 15) is 14.4 Å². The van der Waals surface area contributed by atoms with Gasteiger partial charge in [0.05, 0.1) is 0 Å². The molecule has 0 heterocycles. The van der Waals surface area contributed by atoms with Crippen LogP contribution < -0.4 is 0 Å². The molecule has 0 saturated carbocycles. The summed E-state index contributed by atoms with van der Waals surface area (Å²) in [6.07, 6.45) is 76.0. The zero-order valence-corrected chi connectivity index (χ0v) is 47.0. The van der Waals surface area contributed by atoms with Crippen LogP contribution in [0.5, 0.6) is 0 Å². The Kier molecular flexibility index (Phi) is 56.8. The number of allylic oxidation sites excluding steroid dienone is 12. The fraction of sp³-hybridized carbons (Fsp3) is 0.769. The van der Waals surface area contributed by atoms with E-state index >= 15 is 0 Å². The van der Waals surface area contributed by atoms with Gasteiger partial charge in [-0.25, -0.2) is 0 Å². The summed E-state index contributed by atoms with van der Waals surface area (Å²) in [6, 6.07) is 0. The predicted molar refractivity (Wildman–Crippen MR) is 307 cm³/mol. The Balaban J connectivity index is 4.39. The Bertz CT molecular complexity index is 1320. The third-order valence-corrected chi connectivity index (χ3v) is 13.2. The van der Waals surface area contributed by atoms with Crippen LogP contribution >= 0.6 is 0 Å². The molecule has 0 aliphatic heterocycles. The van der Waals surface area contributed by atoms with Crippen molar-refractivity contribution in [1.82, 2.24) is 0 Å². The van der Waals surface area contributed by atoms with Gasteiger partial charge in [0.15, 0.2) is 6.10 Å². The SMILES string of the molecule is CC/C=C\C/C=C\C/C=C\CCCCCCCCCC(=O)OC(COC(=O)CCCCCCCC/C=C\C/C=C\C/C=C\CCCCCCC)COC(=O)CCCCCCCCCCCCCCCCC. The number of carbonyl (C=O) groups is 3. The smallest absolute Gasteiger partial charge is 0.306 e. The molecule has 0 aliphatic rings. The molecule has 0 bridgehead atoms. The van der Waals surface area contributed by atoms with Gasteiger partial charge in [0.1, 0.15) is 13.2 Å². The molecule has 0 rings (SSSR count). The largest absolute Gasteiger partial charge is 0.462 e. The van der Waals surface area contributed by atoms with Crippen molar-refractivity contribution < 1.29 is 28.6 Å². The molecule has 6 nitrogen and oxygen atoms in total. The molecular weight excluding hydrogens is 877 g/mol. The second-order valence-electron chi connectivity index (χ2n) is 20.2. The maximum Gasteiger partial charge on any atom is 0.306 e. The van der Waals surface area contributed by atoms with Crippen molar-refractivity contribution in [3.63, 3.8) is 0 Å². The van der Waals surface area contributed by atoms with Crippen molar-refractivity contribution >= 4 is 17.9 Å². The molecule has 0 amide bonds. The lowest BCUT2D eigenvalue weighted by Gasteiger charge is -2.18. The Morgan fingerprint density at radius 3 is 0.859 bits per heavy atom. The molecule has 0 radical (unpaired) electrons. The van der Waals surface area contributed by atoms with Crippen molar-refractivity contribution in [2.24, 2.45) is 0 Å². The van der Waals surface area contributed by atoms with E-state index in [0.29, 0.717) is 19.3 Å². The summed E-state index contributed by atoms with van der Waals surface area (Å²) in [7, 11) is 0. The van der Waals surface area contributed by atoms with Crippen LogP contribution in [-0.2, 0) is 28.6 Å². The van der Waals surface area contributed by atoms with Crippen molar-refractivity contribution in [2.45, 2.75) is 309 Å². The summed E-state index contributed by atoms with van der Waals surface area (Å²) in [4.78, 5) is 38.2. The average Bonchev–Trinajstić information content (AvgIpc) is 3.37. The first-order valence-electron chi connectivity index (χ1n) is 30.4. The van der Waals surface area contributed by atoms with Gasteiger partial charge in [-0.2, -0.15) is 0 Å². The monoisotopic (exact) mass is 991 g/mol. The summed E-state index contributed by atoms with van der Waals surface area (Å²) in [5, 5.41) is 0. The van der Waals surface area contributed by atoms with Crippen molar-refractivity contribution in [3.8, 4) is 0 Å². The maximum atomic E-state index is 12.9. The zero-order valence-electron chi connectivity index (χ0n) is 47.0. The third-order valence-electron chi connectivity index (χ3n) is 13.2. The molecular formula is C65H114O6. The lowest BCUT2D eigenvalue weighted by Crippen LogP contribution is -2.30. The first kappa shape index (κ1) is 67.8. The minimum Gasteiger partial charge on any atom is -0.462 e. The van der Waals surface area contributed by atoms with Crippen LogP contribution in [0.1, 0.15) is 303 Å². The maximum absolute atomic E-state index is 12.9. The molecule has 0 aromatic carbocycles. The number of ether oxygens (including phenoxy) is 3. The summed E-state index contributed by atoms with van der Waals surface area (Å²) in [6.45, 7) is 6.53. The van der Waals surface area contributed by atoms with E-state index in [-0.39, 0.29) is 31.1 Å². The van der Waals surface area contributed by atoms with E-state index < -0.39 is 6.10 Å². The molecule has 1 unspecified atom stereocenters. The minimum absolute atomic E-state index is 0.0814. The molecule has 6 heteroatoms. The molecule has 0 saturated heterocycles. The van der Waals surface area contributed by atoms with Crippen LogP contribution in [0.2, 0.25) is 0 Å². The fourth-order valence-corrected chi connectivity index (χ4v) is 8.64. The highest BCUT2D eigenvalue weighted by Gasteiger charge is 2.19. The lowest BCUT2D eigenvalue weighted by atomic mass is 10.0. The standard InChI is InChI=1S/C65H114O6/c1-4-7-10-13-16-19-22-25-28-30-31-32-33-35-37-40-43-46-49-52-55-58-64(67)70-61-62(60-69-63(66)57-54-51-48-45-42-39-36-27-24-21-18-15-12-9-6-3)71-65(68)59-56-53-50-47-44-41-38-34-29-26-23-20-17-14-11-8-5-2/h8,11,17,20,22,25-26,29-31,33,35,62H,4-7,9-10,12-16,18-19,21,23-24,27-28,32,34,36-61H2,1-3H3/b11-8-,20-17-,25-22-,29-26-,31-30-,35-33-. The topological polar surface area (TPSA) is 78.9 Å². The van der Waals surface area contributed by atoms with E-state index in [1.54, 1.807) is 0 Å². The van der Waals surface area contributed by atoms with Crippen LogP contribution in [0, 0.1) is 0 Å². The van der Waals surface area contributed by atoms with Crippen LogP contribution in [-0.4, -0.2) is 37.2 Å². The summed E-state index contributed by atoms with van der Waals surface area (Å²) < 4.78 is 16.9. The van der Waals surface area contributed by atoms with Gasteiger partial charge in [-0.1, -0.05) is 267 Å². The highest BCUT2D eigenvalue weighted by molar-refractivity contribution is 5.71. The van der Waals surface area contributed by atoms with Crippen molar-refractivity contribution in [3.05, 3.63) is 72.9 Å². The first-order chi connectivity index (χ1) is 35.0. The molecule has 1 atom stereocenters. The molecule has 71 heavy (non-hydrogen) atoms. The van der Waals surface area contributed by atoms with E-state index in [0.717, 1.165) is 103 Å². The quantitative estimate of drug-likeness (QED) is 0.0261. The van der Waals surface area contributed by atoms with Gasteiger partial charge in [0.2, 0.25) is 0 Å². The highest BCUT2D eigenvalue weighted by Crippen LogP contribution is 2.16. The number of unbranched alkanes of at least 4 members (excludes halogenated alkanes) is 32. The van der Waals surface area contributed by atoms with E-state index in [1.165, 1.54) is 161 Å². The van der Waals surface area contributed by atoms with Gasteiger partial charge in [-0.15, -0.1) is 0 Å². The number of esters is 3. The predicted octanol–water partition coefficient (Wildman–Crippen LogP) is 20.5. The highest BCUT2D eigenvalue weighted by atomic mass is 16.6. The normalized spacial score (nSPS) is 12.5. The molecule has 410 valence electrons. The number of rotatable bonds is 55. The van der Waals surface area contributed by atoms with Crippen molar-refractivity contribution in [2.75, 3.05) is 13.2 Å². The molecule has 0 N–H and O–H groups in total. The number of hydrogen-bond acceptors (Lipinski definition) is 6. The Labute approximate surface area is 440 Å². The average molecular weight is 992 g/mol. The second-order valence-corrected chi connectivity index (χ2v) is 20.2. The summed E-state index contributed by atoms with van der Waals surface area (Å²) in [5.74, 6) is -0.891. The van der Waals surface area contributed by atoms with Gasteiger partial charge in [0, 0.05) is 19.3 Å². The van der Waals surface area contributed by atoms with Gasteiger partial charge < -0.3 is 14.2 Å². The second kappa shape index (κ2) is 59.4. The Hall–Kier alpha value is -3.15. The molecule has 0 aromatic heterocycles. The number of hydrogen-bond donors (Lipinski definition) is 0. The van der Waals surface area contributed by atoms with Gasteiger partial charge in [-0.3, -0.25) is 14.4 Å². The molecule has 0 spiro atoms. The van der Waals surface area contributed by atoms with Crippen LogP contribution in [0.3, 0.4) is 0 Å². The summed E-state index contributed by atoms with van der Waals surface area (Å²) in [5.41, 5.74) is 0. The Morgan fingerprint density at radius 2 is 0.549 bits per heavy atom. The van der Waals surface area contributed by atoms with Crippen LogP contribution in [0.25, 0.3) is 0 Å². The molecule has 0 fully saturated rings. The van der Waals surface area contributed by atoms with Gasteiger partial charge in [0.25, 0.3) is 0 Å². The zero-order chi connectivity index (χ0) is 51.4. The van der Waals surface area contributed by atoms with E-state index in [4.69, 9.17) is 14.2 Å². The van der Waals surface area contributed by atoms with Gasteiger partial charge >= 0.3 is 17.9 Å². The van der Waals surface area contributed by atoms with Crippen LogP contribution in [0.15, 0.2) is 72.9 Å². The molecule has 0 aromatic rings. The number of carbonyl (C=O) groups excluding carboxylic acids is 3. The van der Waals surface area contributed by atoms with Crippen molar-refractivity contribution in [1.29, 1.82) is 0 Å². The summed E-state index contributed by atoms with van der Waals surface area (Å²) >= 11 is 0. The Morgan fingerprint density at radius 1 is 0.296 bits per heavy atom. The fourth-order valence-electron chi connectivity index (χ4n) is 8.64.